The molecule has 3 aromatic rings. The number of ether oxygens (including phenoxy) is 3. The van der Waals surface area contributed by atoms with E-state index in [2.05, 4.69) is 15.5 Å². The molecular weight excluding hydrogens is 452 g/mol. The molecule has 0 aliphatic carbocycles. The minimum atomic E-state index is -0.555. The number of aromatic nitrogens is 2. The topological polar surface area (TPSA) is 106 Å². The SMILES string of the molecule is CCOc1cc(/C=C(/C#N)C(=O)Nc2nnc(C)s2)ccc1OCCOc1cc(C)ccc1C. The number of anilines is 1. The zero-order chi connectivity index (χ0) is 24.5. The van der Waals surface area contributed by atoms with E-state index >= 15 is 0 Å². The molecule has 9 heteroatoms. The highest BCUT2D eigenvalue weighted by Gasteiger charge is 2.13. The van der Waals surface area contributed by atoms with Crippen molar-refractivity contribution in [1.82, 2.24) is 10.2 Å². The molecule has 34 heavy (non-hydrogen) atoms. The summed E-state index contributed by atoms with van der Waals surface area (Å²) in [5, 5.41) is 20.8. The molecule has 0 atom stereocenters. The third kappa shape index (κ3) is 6.80. The minimum Gasteiger partial charge on any atom is -0.490 e. The zero-order valence-corrected chi connectivity index (χ0v) is 20.4. The molecule has 3 rings (SSSR count). The van der Waals surface area contributed by atoms with Crippen molar-refractivity contribution in [2.45, 2.75) is 27.7 Å². The summed E-state index contributed by atoms with van der Waals surface area (Å²) in [6.45, 7) is 8.81. The third-order valence-corrected chi connectivity index (χ3v) is 5.39. The van der Waals surface area contributed by atoms with Crippen LogP contribution >= 0.6 is 11.3 Å². The van der Waals surface area contributed by atoms with Crippen LogP contribution in [0.5, 0.6) is 17.2 Å². The predicted molar refractivity (Wildman–Crippen MR) is 131 cm³/mol. The third-order valence-electron chi connectivity index (χ3n) is 4.63. The standard InChI is InChI=1S/C25H26N4O4S/c1-5-31-23-14-19(13-20(15-26)24(30)27-25-29-28-18(4)34-25)8-9-21(23)32-10-11-33-22-12-16(2)6-7-17(22)3/h6-9,12-14H,5,10-11H2,1-4H3,(H,27,29,30)/b20-13-. The van der Waals surface area contributed by atoms with Gasteiger partial charge in [0.1, 0.15) is 35.6 Å². The van der Waals surface area contributed by atoms with Gasteiger partial charge in [-0.3, -0.25) is 10.1 Å². The monoisotopic (exact) mass is 478 g/mol. The fourth-order valence-electron chi connectivity index (χ4n) is 2.99. The minimum absolute atomic E-state index is 0.0640. The second-order valence-electron chi connectivity index (χ2n) is 7.36. The van der Waals surface area contributed by atoms with E-state index in [1.165, 1.54) is 17.4 Å². The number of rotatable bonds is 10. The van der Waals surface area contributed by atoms with Gasteiger partial charge in [0.05, 0.1) is 6.61 Å². The lowest BCUT2D eigenvalue weighted by Crippen LogP contribution is -2.13. The molecule has 0 aliphatic rings. The number of benzene rings is 2. The van der Waals surface area contributed by atoms with Gasteiger partial charge in [-0.2, -0.15) is 5.26 Å². The highest BCUT2D eigenvalue weighted by Crippen LogP contribution is 2.30. The number of aryl methyl sites for hydroxylation is 3. The number of nitrogens with zero attached hydrogens (tertiary/aromatic N) is 3. The Bertz CT molecular complexity index is 1230. The fraction of sp³-hybridized carbons (Fsp3) is 0.280. The molecule has 0 fully saturated rings. The van der Waals surface area contributed by atoms with Crippen molar-refractivity contribution in [1.29, 1.82) is 5.26 Å². The quantitative estimate of drug-likeness (QED) is 0.252. The first-order chi connectivity index (χ1) is 16.4. The van der Waals surface area contributed by atoms with Crippen molar-refractivity contribution >= 4 is 28.5 Å². The first-order valence-corrected chi connectivity index (χ1v) is 11.5. The van der Waals surface area contributed by atoms with Crippen LogP contribution < -0.4 is 19.5 Å². The molecular formula is C25H26N4O4S. The lowest BCUT2D eigenvalue weighted by Gasteiger charge is -2.14. The molecule has 176 valence electrons. The Hall–Kier alpha value is -3.90. The highest BCUT2D eigenvalue weighted by molar-refractivity contribution is 7.15. The molecule has 8 nitrogen and oxygen atoms in total. The Morgan fingerprint density at radius 2 is 1.79 bits per heavy atom. The van der Waals surface area contributed by atoms with Gasteiger partial charge in [-0.1, -0.05) is 29.5 Å². The molecule has 0 aliphatic heterocycles. The molecule has 0 radical (unpaired) electrons. The number of nitriles is 1. The highest BCUT2D eigenvalue weighted by atomic mass is 32.1. The van der Waals surface area contributed by atoms with E-state index in [0.29, 0.717) is 47.0 Å². The van der Waals surface area contributed by atoms with Gasteiger partial charge >= 0.3 is 0 Å². The van der Waals surface area contributed by atoms with E-state index in [9.17, 15) is 10.1 Å². The van der Waals surface area contributed by atoms with Crippen molar-refractivity contribution in [3.63, 3.8) is 0 Å². The van der Waals surface area contributed by atoms with Crippen LogP contribution in [0.1, 0.15) is 28.6 Å². The lowest BCUT2D eigenvalue weighted by molar-refractivity contribution is -0.112. The number of hydrogen-bond donors (Lipinski definition) is 1. The second kappa shape index (κ2) is 11.8. The Labute approximate surface area is 202 Å². The normalized spacial score (nSPS) is 11.0. The van der Waals surface area contributed by atoms with E-state index in [0.717, 1.165) is 16.9 Å². The molecule has 1 heterocycles. The van der Waals surface area contributed by atoms with Crippen LogP contribution in [-0.2, 0) is 4.79 Å². The van der Waals surface area contributed by atoms with Crippen LogP contribution in [0, 0.1) is 32.1 Å². The molecule has 0 spiro atoms. The van der Waals surface area contributed by atoms with E-state index in [4.69, 9.17) is 14.2 Å². The van der Waals surface area contributed by atoms with E-state index in [1.54, 1.807) is 25.1 Å². The van der Waals surface area contributed by atoms with Gasteiger partial charge in [-0.25, -0.2) is 0 Å². The Kier molecular flexibility index (Phi) is 8.60. The molecule has 0 saturated carbocycles. The van der Waals surface area contributed by atoms with Gasteiger partial charge in [-0.05, 0) is 68.7 Å². The predicted octanol–water partition coefficient (Wildman–Crippen LogP) is 4.87. The maximum absolute atomic E-state index is 12.4. The molecule has 2 aromatic carbocycles. The first kappa shape index (κ1) is 24.7. The van der Waals surface area contributed by atoms with Crippen LogP contribution in [-0.4, -0.2) is 35.9 Å². The summed E-state index contributed by atoms with van der Waals surface area (Å²) in [5.41, 5.74) is 2.76. The largest absolute Gasteiger partial charge is 0.490 e. The van der Waals surface area contributed by atoms with E-state index in [1.807, 2.05) is 45.0 Å². The molecule has 0 bridgehead atoms. The van der Waals surface area contributed by atoms with Gasteiger partial charge in [0.2, 0.25) is 5.13 Å². The summed E-state index contributed by atoms with van der Waals surface area (Å²) in [5.74, 6) is 1.34. The smallest absolute Gasteiger partial charge is 0.268 e. The van der Waals surface area contributed by atoms with Crippen molar-refractivity contribution in [3.8, 4) is 23.3 Å². The summed E-state index contributed by atoms with van der Waals surface area (Å²) in [7, 11) is 0. The van der Waals surface area contributed by atoms with Crippen molar-refractivity contribution in [2.75, 3.05) is 25.1 Å². The molecule has 1 aromatic heterocycles. The maximum atomic E-state index is 12.4. The summed E-state index contributed by atoms with van der Waals surface area (Å²) in [4.78, 5) is 12.4. The summed E-state index contributed by atoms with van der Waals surface area (Å²) < 4.78 is 17.4. The van der Waals surface area contributed by atoms with Crippen LogP contribution in [0.3, 0.4) is 0 Å². The van der Waals surface area contributed by atoms with Crippen LogP contribution in [0.25, 0.3) is 6.08 Å². The van der Waals surface area contributed by atoms with Gasteiger partial charge < -0.3 is 14.2 Å². The van der Waals surface area contributed by atoms with Crippen LogP contribution in [0.2, 0.25) is 0 Å². The second-order valence-corrected chi connectivity index (χ2v) is 8.54. The van der Waals surface area contributed by atoms with Crippen molar-refractivity contribution < 1.29 is 19.0 Å². The van der Waals surface area contributed by atoms with Gasteiger partial charge in [0.15, 0.2) is 11.5 Å². The average molecular weight is 479 g/mol. The number of carbonyl (C=O) groups excluding carboxylic acids is 1. The van der Waals surface area contributed by atoms with Gasteiger partial charge in [0.25, 0.3) is 5.91 Å². The van der Waals surface area contributed by atoms with Crippen LogP contribution in [0.4, 0.5) is 5.13 Å². The first-order valence-electron chi connectivity index (χ1n) is 10.7. The molecule has 0 saturated heterocycles. The maximum Gasteiger partial charge on any atom is 0.268 e. The van der Waals surface area contributed by atoms with Crippen LogP contribution in [0.15, 0.2) is 42.0 Å². The van der Waals surface area contributed by atoms with Crippen molar-refractivity contribution in [3.05, 3.63) is 63.7 Å². The van der Waals surface area contributed by atoms with Gasteiger partial charge in [0, 0.05) is 0 Å². The average Bonchev–Trinajstić information content (AvgIpc) is 3.22. The number of hydrogen-bond acceptors (Lipinski definition) is 8. The Balaban J connectivity index is 1.66. The Morgan fingerprint density at radius 3 is 2.47 bits per heavy atom. The van der Waals surface area contributed by atoms with Crippen molar-refractivity contribution in [2.24, 2.45) is 0 Å². The lowest BCUT2D eigenvalue weighted by atomic mass is 10.1. The summed E-state index contributed by atoms with van der Waals surface area (Å²) in [6, 6.07) is 13.2. The molecule has 1 N–H and O–H groups in total. The number of amides is 1. The van der Waals surface area contributed by atoms with Gasteiger partial charge in [-0.15, -0.1) is 10.2 Å². The number of carbonyl (C=O) groups is 1. The molecule has 0 unspecified atom stereocenters. The molecule has 1 amide bonds. The zero-order valence-electron chi connectivity index (χ0n) is 19.5. The van der Waals surface area contributed by atoms with E-state index < -0.39 is 5.91 Å². The van der Waals surface area contributed by atoms with E-state index in [-0.39, 0.29) is 5.57 Å². The Morgan fingerprint density at radius 1 is 1.03 bits per heavy atom. The fourth-order valence-corrected chi connectivity index (χ4v) is 3.58. The summed E-state index contributed by atoms with van der Waals surface area (Å²) in [6.07, 6.45) is 1.49. The number of nitrogens with one attached hydrogen (secondary N) is 1. The summed E-state index contributed by atoms with van der Waals surface area (Å²) >= 11 is 1.23.